The third-order valence-electron chi connectivity index (χ3n) is 8.55. The van der Waals surface area contributed by atoms with E-state index in [1.807, 2.05) is 36.4 Å². The first-order valence-corrected chi connectivity index (χ1v) is 19.0. The number of ether oxygens (including phenoxy) is 4. The van der Waals surface area contributed by atoms with Crippen LogP contribution in [0.15, 0.2) is 70.1 Å². The zero-order valence-electron chi connectivity index (χ0n) is 31.4. The Morgan fingerprint density at radius 3 is 2.11 bits per heavy atom. The molecule has 0 spiro atoms. The van der Waals surface area contributed by atoms with Crippen LogP contribution in [0.1, 0.15) is 53.0 Å². The Kier molecular flexibility index (Phi) is 10.4. The van der Waals surface area contributed by atoms with Crippen LogP contribution in [-0.2, 0) is 40.9 Å². The van der Waals surface area contributed by atoms with Gasteiger partial charge in [-0.05, 0) is 82.5 Å². The number of benzene rings is 3. The summed E-state index contributed by atoms with van der Waals surface area (Å²) in [6, 6.07) is 15.0. The fraction of sp³-hybridized carbons (Fsp3) is 0.395. The van der Waals surface area contributed by atoms with Gasteiger partial charge in [-0.25, -0.2) is 22.4 Å². The Hall–Kier alpha value is -5.55. The van der Waals surface area contributed by atoms with Crippen molar-refractivity contribution in [1.29, 1.82) is 0 Å². The molecular weight excluding hydrogens is 738 g/mol. The van der Waals surface area contributed by atoms with Crippen LogP contribution < -0.4 is 20.3 Å². The smallest absolute Gasteiger partial charge is 0.408 e. The van der Waals surface area contributed by atoms with Gasteiger partial charge in [-0.1, -0.05) is 41.6 Å². The van der Waals surface area contributed by atoms with Crippen molar-refractivity contribution >= 4 is 33.6 Å². The summed E-state index contributed by atoms with van der Waals surface area (Å²) < 4.78 is 70.6. The van der Waals surface area contributed by atoms with Crippen LogP contribution in [0.3, 0.4) is 0 Å². The number of halogens is 1. The first-order chi connectivity index (χ1) is 25.8. The molecule has 0 aliphatic carbocycles. The lowest BCUT2D eigenvalue weighted by Gasteiger charge is -2.38. The van der Waals surface area contributed by atoms with E-state index in [0.29, 0.717) is 11.3 Å². The van der Waals surface area contributed by atoms with E-state index >= 15 is 4.39 Å². The average Bonchev–Trinajstić information content (AvgIpc) is 3.55. The topological polar surface area (TPSA) is 188 Å². The van der Waals surface area contributed by atoms with Gasteiger partial charge in [-0.15, -0.1) is 0 Å². The molecule has 0 bridgehead atoms. The summed E-state index contributed by atoms with van der Waals surface area (Å²) in [5.74, 6) is -2.36. The maximum absolute atomic E-state index is 16.0. The number of rotatable bonds is 8. The number of alkyl carbamates (subject to hydrolysis) is 2. The van der Waals surface area contributed by atoms with Crippen LogP contribution in [0.2, 0.25) is 0 Å². The fourth-order valence-corrected chi connectivity index (χ4v) is 7.54. The van der Waals surface area contributed by atoms with Crippen LogP contribution >= 0.6 is 0 Å². The van der Waals surface area contributed by atoms with Gasteiger partial charge in [0.1, 0.15) is 28.8 Å². The predicted octanol–water partition coefficient (Wildman–Crippen LogP) is 5.52. The van der Waals surface area contributed by atoms with Gasteiger partial charge in [-0.2, -0.15) is 4.98 Å². The molecule has 3 amide bonds. The molecule has 15 nitrogen and oxygen atoms in total. The normalized spacial score (nSPS) is 17.6. The quantitative estimate of drug-likeness (QED) is 0.228. The van der Waals surface area contributed by atoms with Crippen molar-refractivity contribution < 1.29 is 50.7 Å². The molecule has 6 rings (SSSR count). The minimum atomic E-state index is -4.41. The monoisotopic (exact) mass is 779 g/mol. The molecule has 55 heavy (non-hydrogen) atoms. The highest BCUT2D eigenvalue weighted by Gasteiger charge is 2.48. The van der Waals surface area contributed by atoms with Crippen LogP contribution in [0.5, 0.6) is 5.75 Å². The molecule has 1 atom stereocenters. The van der Waals surface area contributed by atoms with Crippen molar-refractivity contribution in [2.24, 2.45) is 0 Å². The van der Waals surface area contributed by atoms with E-state index in [4.69, 9.17) is 23.5 Å². The average molecular weight is 780 g/mol. The number of anilines is 1. The molecule has 4 aromatic rings. The third kappa shape index (κ3) is 8.73. The first kappa shape index (κ1) is 39.2. The number of fused-ring (bicyclic) bond motifs is 1. The fourth-order valence-electron chi connectivity index (χ4n) is 5.93. The number of aromatic nitrogens is 2. The van der Waals surface area contributed by atoms with Gasteiger partial charge >= 0.3 is 12.2 Å². The largest absolute Gasteiger partial charge is 0.497 e. The van der Waals surface area contributed by atoms with Gasteiger partial charge in [-0.3, -0.25) is 4.79 Å². The summed E-state index contributed by atoms with van der Waals surface area (Å²) in [5.41, 5.74) is -1.10. The highest BCUT2D eigenvalue weighted by molar-refractivity contribution is 7.91. The number of carbonyl (C=O) groups excluding carboxylic acids is 3. The Bertz CT molecular complexity index is 2210. The number of amides is 3. The number of nitrogens with zero attached hydrogens (tertiary/aromatic N) is 3. The minimum absolute atomic E-state index is 0.0373. The molecule has 17 heteroatoms. The van der Waals surface area contributed by atoms with Gasteiger partial charge in [0, 0.05) is 0 Å². The number of nitrogens with one attached hydrogen (secondary N) is 2. The summed E-state index contributed by atoms with van der Waals surface area (Å²) in [6.45, 7) is 9.72. The van der Waals surface area contributed by atoms with Gasteiger partial charge < -0.3 is 39.0 Å². The zero-order chi connectivity index (χ0) is 39.9. The van der Waals surface area contributed by atoms with Crippen LogP contribution in [0.4, 0.5) is 19.7 Å². The van der Waals surface area contributed by atoms with Crippen molar-refractivity contribution in [1.82, 2.24) is 20.8 Å². The van der Waals surface area contributed by atoms with E-state index in [0.717, 1.165) is 23.3 Å². The molecule has 0 radical (unpaired) electrons. The highest BCUT2D eigenvalue weighted by Crippen LogP contribution is 2.38. The van der Waals surface area contributed by atoms with E-state index < -0.39 is 67.2 Å². The Balaban J connectivity index is 1.38. The molecule has 3 heterocycles. The highest BCUT2D eigenvalue weighted by atomic mass is 32.2. The molecule has 0 unspecified atom stereocenters. The summed E-state index contributed by atoms with van der Waals surface area (Å²) in [4.78, 5) is 44.9. The van der Waals surface area contributed by atoms with Crippen molar-refractivity contribution in [2.75, 3.05) is 31.0 Å². The molecule has 2 N–H and O–H groups in total. The minimum Gasteiger partial charge on any atom is -0.497 e. The lowest BCUT2D eigenvalue weighted by Crippen LogP contribution is -2.60. The van der Waals surface area contributed by atoms with E-state index in [1.165, 1.54) is 4.90 Å². The zero-order valence-corrected chi connectivity index (χ0v) is 32.2. The lowest BCUT2D eigenvalue weighted by molar-refractivity contribution is -0.120. The van der Waals surface area contributed by atoms with Gasteiger partial charge in [0.25, 0.3) is 11.8 Å². The van der Waals surface area contributed by atoms with Crippen molar-refractivity contribution in [3.05, 3.63) is 77.9 Å². The Labute approximate surface area is 317 Å². The Morgan fingerprint density at radius 1 is 0.945 bits per heavy atom. The predicted molar refractivity (Wildman–Crippen MR) is 196 cm³/mol. The molecule has 1 fully saturated rings. The van der Waals surface area contributed by atoms with E-state index in [-0.39, 0.29) is 42.7 Å². The number of hydrogen-bond acceptors (Lipinski definition) is 12. The van der Waals surface area contributed by atoms with Gasteiger partial charge in [0.15, 0.2) is 15.4 Å². The van der Waals surface area contributed by atoms with Crippen molar-refractivity contribution in [3.8, 4) is 28.3 Å². The summed E-state index contributed by atoms with van der Waals surface area (Å²) in [5, 5.41) is 9.03. The standard InChI is InChI=1S/C38H42FN5O10S/c1-36(2,3)52-34(46)40-28-19-55(48,49)30-17-27(39)26(31-41-33(54-43-31)38(20-51-21-38)42-35(47)53-37(4,5)6)16-29(30)44(32(28)45)18-22-8-10-23(11-9-22)24-12-14-25(50-7)15-13-24/h8-17,28H,18-21H2,1-7H3,(H,40,46)(H,42,47)/t28-/m0/s1. The molecule has 1 aromatic heterocycles. The van der Waals surface area contributed by atoms with Crippen molar-refractivity contribution in [2.45, 2.75) is 75.8 Å². The molecule has 1 saturated heterocycles. The summed E-state index contributed by atoms with van der Waals surface area (Å²) in [6.07, 6.45) is -1.77. The molecule has 2 aliphatic heterocycles. The molecule has 292 valence electrons. The first-order valence-electron chi connectivity index (χ1n) is 17.3. The number of carbonyl (C=O) groups is 3. The van der Waals surface area contributed by atoms with E-state index in [2.05, 4.69) is 20.8 Å². The Morgan fingerprint density at radius 2 is 1.55 bits per heavy atom. The summed E-state index contributed by atoms with van der Waals surface area (Å²) >= 11 is 0. The van der Waals surface area contributed by atoms with E-state index in [9.17, 15) is 22.8 Å². The van der Waals surface area contributed by atoms with Gasteiger partial charge in [0.2, 0.25) is 5.82 Å². The maximum Gasteiger partial charge on any atom is 0.408 e. The number of methoxy groups -OCH3 is 1. The van der Waals surface area contributed by atoms with Crippen LogP contribution in [-0.4, -0.2) is 80.0 Å². The second-order valence-corrected chi connectivity index (χ2v) is 17.3. The molecule has 2 aliphatic rings. The summed E-state index contributed by atoms with van der Waals surface area (Å²) in [7, 11) is -2.83. The second-order valence-electron chi connectivity index (χ2n) is 15.3. The molecular formula is C38H42FN5O10S. The molecule has 0 saturated carbocycles. The third-order valence-corrected chi connectivity index (χ3v) is 10.3. The van der Waals surface area contributed by atoms with Crippen molar-refractivity contribution in [3.63, 3.8) is 0 Å². The lowest BCUT2D eigenvalue weighted by atomic mass is 9.97. The second kappa shape index (κ2) is 14.6. The number of sulfone groups is 1. The number of hydrogen-bond donors (Lipinski definition) is 2. The molecule has 3 aromatic carbocycles. The van der Waals surface area contributed by atoms with E-state index in [1.54, 1.807) is 60.8 Å². The maximum atomic E-state index is 16.0. The SMILES string of the molecule is COc1ccc(-c2ccc(CN3C(=O)[C@@H](NC(=O)OC(C)(C)C)CS(=O)(=O)c4cc(F)c(-c5noc(C6(NC(=O)OC(C)(C)C)COC6)n5)cc43)cc2)cc1. The van der Waals surface area contributed by atoms with Crippen LogP contribution in [0, 0.1) is 5.82 Å². The van der Waals surface area contributed by atoms with Crippen LogP contribution in [0.25, 0.3) is 22.5 Å². The van der Waals surface area contributed by atoms with Gasteiger partial charge in [0.05, 0.1) is 48.8 Å².